The molecule has 0 aromatic heterocycles. The van der Waals surface area contributed by atoms with Crippen molar-refractivity contribution < 1.29 is 9.84 Å². The molecule has 0 bridgehead atoms. The summed E-state index contributed by atoms with van der Waals surface area (Å²) in [6.45, 7) is 8.06. The quantitative estimate of drug-likeness (QED) is 0.392. The van der Waals surface area contributed by atoms with Gasteiger partial charge in [-0.3, -0.25) is 0 Å². The van der Waals surface area contributed by atoms with Gasteiger partial charge in [0.2, 0.25) is 0 Å². The Morgan fingerprint density at radius 2 is 2.40 bits per heavy atom. The number of aliphatic hydroxyl groups is 1. The van der Waals surface area contributed by atoms with Crippen molar-refractivity contribution >= 4 is 11.6 Å². The lowest BCUT2D eigenvalue weighted by Gasteiger charge is -2.44. The van der Waals surface area contributed by atoms with Gasteiger partial charge in [-0.1, -0.05) is 32.1 Å². The molecule has 1 fully saturated rings. The predicted octanol–water partition coefficient (Wildman–Crippen LogP) is 3.53. The Kier molecular flexibility index (Phi) is 5.52. The van der Waals surface area contributed by atoms with Gasteiger partial charge in [0.05, 0.1) is 30.2 Å². The molecule has 0 radical (unpaired) electrons. The molecular weight excluding hydrogens is 336 g/mol. The van der Waals surface area contributed by atoms with Gasteiger partial charge in [-0.05, 0) is 38.7 Å². The summed E-state index contributed by atoms with van der Waals surface area (Å²) in [6, 6.07) is 0. The first-order valence-electron chi connectivity index (χ1n) is 9.42. The lowest BCUT2D eigenvalue weighted by atomic mass is 9.67. The lowest BCUT2D eigenvalue weighted by molar-refractivity contribution is 0.0284. The average Bonchev–Trinajstić information content (AvgIpc) is 3.35. The number of alkyl halides is 1. The number of rotatable bonds is 8. The van der Waals surface area contributed by atoms with Gasteiger partial charge in [0, 0.05) is 17.7 Å². The number of hydrogen-bond acceptors (Lipinski definition) is 4. The topological polar surface area (TPSA) is 44.5 Å². The smallest absolute Gasteiger partial charge is 0.102 e. The van der Waals surface area contributed by atoms with Gasteiger partial charge < -0.3 is 20.1 Å². The largest absolute Gasteiger partial charge is 0.394 e. The average molecular weight is 367 g/mol. The zero-order valence-corrected chi connectivity index (χ0v) is 16.4. The maximum Gasteiger partial charge on any atom is 0.102 e. The van der Waals surface area contributed by atoms with Crippen molar-refractivity contribution in [3.8, 4) is 0 Å². The van der Waals surface area contributed by atoms with E-state index >= 15 is 0 Å². The molecule has 3 aliphatic rings. The summed E-state index contributed by atoms with van der Waals surface area (Å²) in [5, 5.41) is 12.6. The van der Waals surface area contributed by atoms with E-state index in [0.29, 0.717) is 6.61 Å². The van der Waals surface area contributed by atoms with E-state index < -0.39 is 0 Å². The second kappa shape index (κ2) is 7.34. The van der Waals surface area contributed by atoms with Crippen molar-refractivity contribution in [2.24, 2.45) is 5.41 Å². The third-order valence-corrected chi connectivity index (χ3v) is 6.58. The molecule has 3 rings (SSSR count). The zero-order valence-electron chi connectivity index (χ0n) is 15.6. The fraction of sp³-hybridized carbons (Fsp3) is 0.700. The van der Waals surface area contributed by atoms with Crippen molar-refractivity contribution in [2.75, 3.05) is 19.8 Å². The maximum atomic E-state index is 8.89. The fourth-order valence-corrected chi connectivity index (χ4v) is 4.86. The highest BCUT2D eigenvalue weighted by Crippen LogP contribution is 2.60. The van der Waals surface area contributed by atoms with E-state index in [0.717, 1.165) is 37.9 Å². The minimum absolute atomic E-state index is 0.0776. The van der Waals surface area contributed by atoms with Crippen LogP contribution >= 0.6 is 11.6 Å². The molecule has 4 nitrogen and oxygen atoms in total. The van der Waals surface area contributed by atoms with Gasteiger partial charge in [-0.15, -0.1) is 11.6 Å². The second-order valence-corrected chi connectivity index (χ2v) is 8.23. The first kappa shape index (κ1) is 18.8. The van der Waals surface area contributed by atoms with Gasteiger partial charge >= 0.3 is 0 Å². The van der Waals surface area contributed by atoms with Gasteiger partial charge in [0.1, 0.15) is 5.82 Å². The van der Waals surface area contributed by atoms with Crippen LogP contribution in [0.1, 0.15) is 46.5 Å². The molecule has 0 saturated carbocycles. The van der Waals surface area contributed by atoms with Gasteiger partial charge in [-0.25, -0.2) is 0 Å². The summed E-state index contributed by atoms with van der Waals surface area (Å²) in [5.41, 5.74) is 1.36. The van der Waals surface area contributed by atoms with Gasteiger partial charge in [0.25, 0.3) is 0 Å². The van der Waals surface area contributed by atoms with Crippen molar-refractivity contribution in [3.63, 3.8) is 0 Å². The Morgan fingerprint density at radius 3 is 3.12 bits per heavy atom. The molecule has 0 aromatic rings. The molecule has 140 valence electrons. The van der Waals surface area contributed by atoms with Gasteiger partial charge in [-0.2, -0.15) is 0 Å². The van der Waals surface area contributed by atoms with Crippen LogP contribution in [0.15, 0.2) is 35.8 Å². The molecule has 4 atom stereocenters. The van der Waals surface area contributed by atoms with Crippen LogP contribution in [0.25, 0.3) is 0 Å². The normalized spacial score (nSPS) is 34.9. The molecule has 2 unspecified atom stereocenters. The third-order valence-electron chi connectivity index (χ3n) is 6.04. The summed E-state index contributed by atoms with van der Waals surface area (Å²) in [4.78, 5) is 2.44. The van der Waals surface area contributed by atoms with E-state index in [2.05, 4.69) is 55.3 Å². The monoisotopic (exact) mass is 366 g/mol. The van der Waals surface area contributed by atoms with E-state index in [4.69, 9.17) is 21.4 Å². The Labute approximate surface area is 156 Å². The van der Waals surface area contributed by atoms with E-state index in [1.54, 1.807) is 0 Å². The van der Waals surface area contributed by atoms with Crippen molar-refractivity contribution in [3.05, 3.63) is 35.8 Å². The van der Waals surface area contributed by atoms with Crippen molar-refractivity contribution in [1.82, 2.24) is 10.2 Å². The van der Waals surface area contributed by atoms with Crippen LogP contribution < -0.4 is 5.32 Å². The van der Waals surface area contributed by atoms with E-state index in [-0.39, 0.29) is 29.0 Å². The molecule has 0 aromatic carbocycles. The molecule has 2 N–H and O–H groups in total. The Morgan fingerprint density at radius 1 is 1.60 bits per heavy atom. The third kappa shape index (κ3) is 3.36. The lowest BCUT2D eigenvalue weighted by Crippen LogP contribution is -2.49. The Hall–Kier alpha value is -0.970. The Balaban J connectivity index is 1.62. The van der Waals surface area contributed by atoms with E-state index in [1.807, 2.05) is 0 Å². The SMILES string of the molecule is CC[C@@H](C/C=C(\C)NC1=CC[C@]2(C)C=CCC(Cl)C23CN13)OCCO. The second-order valence-electron chi connectivity index (χ2n) is 7.70. The van der Waals surface area contributed by atoms with E-state index in [1.165, 1.54) is 5.82 Å². The molecule has 1 aliphatic carbocycles. The number of nitrogens with one attached hydrogen (secondary N) is 1. The van der Waals surface area contributed by atoms with Gasteiger partial charge in [0.15, 0.2) is 0 Å². The van der Waals surface area contributed by atoms with Crippen molar-refractivity contribution in [1.29, 1.82) is 0 Å². The summed E-state index contributed by atoms with van der Waals surface area (Å²) >= 11 is 6.74. The first-order chi connectivity index (χ1) is 12.0. The molecule has 2 aliphatic heterocycles. The molecule has 1 spiro atoms. The van der Waals surface area contributed by atoms with Crippen molar-refractivity contribution in [2.45, 2.75) is 63.5 Å². The molecule has 0 amide bonds. The first-order valence-corrected chi connectivity index (χ1v) is 9.86. The van der Waals surface area contributed by atoms with Crippen LogP contribution in [0.5, 0.6) is 0 Å². The minimum atomic E-state index is 0.0776. The molecule has 2 heterocycles. The molecular formula is C20H31ClN2O2. The summed E-state index contributed by atoms with van der Waals surface area (Å²) in [5.74, 6) is 1.19. The highest BCUT2D eigenvalue weighted by molar-refractivity contribution is 6.22. The van der Waals surface area contributed by atoms with Crippen LogP contribution in [0.4, 0.5) is 0 Å². The number of allylic oxidation sites excluding steroid dienone is 3. The number of hydrogen-bond donors (Lipinski definition) is 2. The van der Waals surface area contributed by atoms with E-state index in [9.17, 15) is 0 Å². The molecule has 5 heteroatoms. The molecule has 25 heavy (non-hydrogen) atoms. The number of aliphatic hydroxyl groups excluding tert-OH is 1. The molecule has 1 saturated heterocycles. The summed E-state index contributed by atoms with van der Waals surface area (Å²) in [7, 11) is 0. The number of ether oxygens (including phenoxy) is 1. The number of halogens is 1. The predicted molar refractivity (Wildman–Crippen MR) is 102 cm³/mol. The zero-order chi connectivity index (χ0) is 18.1. The number of nitrogens with zero attached hydrogens (tertiary/aromatic N) is 1. The Bertz CT molecular complexity index is 588. The highest BCUT2D eigenvalue weighted by Gasteiger charge is 2.68. The highest BCUT2D eigenvalue weighted by atomic mass is 35.5. The summed E-state index contributed by atoms with van der Waals surface area (Å²) in [6.07, 6.45) is 13.0. The van der Waals surface area contributed by atoms with Crippen LogP contribution in [0.2, 0.25) is 0 Å². The maximum absolute atomic E-state index is 8.89. The van der Waals surface area contributed by atoms with Crippen LogP contribution in [-0.4, -0.2) is 46.8 Å². The standard InChI is InChI=1S/C20H31ClN2O2/c1-4-16(25-13-12-24)8-7-15(2)22-18-9-11-19(3)10-5-6-17(21)20(19)14-23(18)20/h5,7,9-10,16-17,22,24H,4,6,8,11-14H2,1-3H3/b15-7+/t16-,17?,19-,20?,23?/m0/s1. The van der Waals surface area contributed by atoms with Crippen LogP contribution in [0.3, 0.4) is 0 Å². The van der Waals surface area contributed by atoms with Crippen LogP contribution in [0, 0.1) is 5.41 Å². The minimum Gasteiger partial charge on any atom is -0.394 e. The fourth-order valence-electron chi connectivity index (χ4n) is 4.32. The summed E-state index contributed by atoms with van der Waals surface area (Å²) < 4.78 is 5.63. The van der Waals surface area contributed by atoms with Crippen LogP contribution in [-0.2, 0) is 4.74 Å².